The van der Waals surface area contributed by atoms with Gasteiger partial charge < -0.3 is 9.80 Å². The van der Waals surface area contributed by atoms with Crippen LogP contribution in [0.5, 0.6) is 0 Å². The zero-order valence-corrected chi connectivity index (χ0v) is 16.9. The Kier molecular flexibility index (Phi) is 6.66. The molecule has 1 heterocycles. The van der Waals surface area contributed by atoms with Crippen LogP contribution in [0, 0.1) is 3.57 Å². The first-order chi connectivity index (χ1) is 12.6. The summed E-state index contributed by atoms with van der Waals surface area (Å²) in [7, 11) is 0. The van der Waals surface area contributed by atoms with Gasteiger partial charge in [0, 0.05) is 41.7 Å². The normalized spacial score (nSPS) is 14.3. The number of benzene rings is 2. The molecule has 0 saturated carbocycles. The zero-order valence-electron chi connectivity index (χ0n) is 14.7. The smallest absolute Gasteiger partial charge is 0.253 e. The maximum absolute atomic E-state index is 12.5. The zero-order chi connectivity index (χ0) is 18.4. The lowest BCUT2D eigenvalue weighted by Crippen LogP contribution is -2.50. The second-order valence-electron chi connectivity index (χ2n) is 6.52. The minimum atomic E-state index is 0.0533. The van der Waals surface area contributed by atoms with Gasteiger partial charge in [0.05, 0.1) is 0 Å². The van der Waals surface area contributed by atoms with Crippen LogP contribution >= 0.6 is 22.6 Å². The van der Waals surface area contributed by atoms with Crippen LogP contribution in [0.1, 0.15) is 28.8 Å². The highest BCUT2D eigenvalue weighted by Crippen LogP contribution is 2.13. The van der Waals surface area contributed by atoms with Crippen molar-refractivity contribution in [3.63, 3.8) is 0 Å². The van der Waals surface area contributed by atoms with Crippen LogP contribution in [0.3, 0.4) is 0 Å². The van der Waals surface area contributed by atoms with Crippen LogP contribution < -0.4 is 0 Å². The highest BCUT2D eigenvalue weighted by atomic mass is 127. The quantitative estimate of drug-likeness (QED) is 0.638. The third-order valence-corrected chi connectivity index (χ3v) is 5.43. The van der Waals surface area contributed by atoms with Crippen LogP contribution in [0.25, 0.3) is 0 Å². The highest BCUT2D eigenvalue weighted by molar-refractivity contribution is 14.1. The molecule has 0 radical (unpaired) electrons. The first-order valence-corrected chi connectivity index (χ1v) is 10.1. The number of carbonyl (C=O) groups excluding carboxylic acids is 2. The van der Waals surface area contributed by atoms with Gasteiger partial charge in [0.2, 0.25) is 5.91 Å². The molecular formula is C21H23IN2O2. The average Bonchev–Trinajstić information content (AvgIpc) is 2.69. The Morgan fingerprint density at radius 2 is 1.46 bits per heavy atom. The van der Waals surface area contributed by atoms with E-state index in [0.717, 1.165) is 16.4 Å². The molecule has 3 rings (SSSR count). The minimum absolute atomic E-state index is 0.0533. The topological polar surface area (TPSA) is 40.6 Å². The van der Waals surface area contributed by atoms with E-state index in [-0.39, 0.29) is 11.8 Å². The Hall–Kier alpha value is -1.89. The molecule has 2 aromatic rings. The van der Waals surface area contributed by atoms with E-state index in [1.165, 1.54) is 5.56 Å². The lowest BCUT2D eigenvalue weighted by molar-refractivity contribution is -0.132. The summed E-state index contributed by atoms with van der Waals surface area (Å²) in [5, 5.41) is 0. The molecule has 0 atom stereocenters. The van der Waals surface area contributed by atoms with Gasteiger partial charge >= 0.3 is 0 Å². The van der Waals surface area contributed by atoms with Crippen molar-refractivity contribution in [2.24, 2.45) is 0 Å². The first kappa shape index (κ1) is 18.9. The van der Waals surface area contributed by atoms with Crippen molar-refractivity contribution in [1.29, 1.82) is 0 Å². The fraction of sp³-hybridized carbons (Fsp3) is 0.333. The Bertz CT molecular complexity index is 738. The Morgan fingerprint density at radius 3 is 2.12 bits per heavy atom. The predicted octanol–water partition coefficient (Wildman–Crippen LogP) is 3.60. The van der Waals surface area contributed by atoms with E-state index >= 15 is 0 Å². The summed E-state index contributed by atoms with van der Waals surface area (Å²) in [4.78, 5) is 28.7. The molecule has 0 spiro atoms. The van der Waals surface area contributed by atoms with Crippen LogP contribution in [0.15, 0.2) is 54.6 Å². The van der Waals surface area contributed by atoms with Crippen molar-refractivity contribution >= 4 is 34.4 Å². The van der Waals surface area contributed by atoms with Gasteiger partial charge in [-0.2, -0.15) is 0 Å². The molecule has 1 saturated heterocycles. The molecule has 0 bridgehead atoms. The number of amides is 2. The van der Waals surface area contributed by atoms with Gasteiger partial charge in [0.15, 0.2) is 0 Å². The third kappa shape index (κ3) is 5.06. The van der Waals surface area contributed by atoms with Gasteiger partial charge in [-0.1, -0.05) is 30.3 Å². The molecule has 2 amide bonds. The van der Waals surface area contributed by atoms with E-state index in [4.69, 9.17) is 0 Å². The number of nitrogens with zero attached hydrogens (tertiary/aromatic N) is 2. The SMILES string of the molecule is O=C(CCCc1ccccc1)N1CCN(C(=O)c2ccc(I)cc2)CC1. The van der Waals surface area contributed by atoms with Crippen molar-refractivity contribution in [1.82, 2.24) is 9.80 Å². The molecule has 4 nitrogen and oxygen atoms in total. The summed E-state index contributed by atoms with van der Waals surface area (Å²) >= 11 is 2.23. The monoisotopic (exact) mass is 462 g/mol. The van der Waals surface area contributed by atoms with Gasteiger partial charge in [0.1, 0.15) is 0 Å². The lowest BCUT2D eigenvalue weighted by Gasteiger charge is -2.35. The van der Waals surface area contributed by atoms with Crippen LogP contribution in [0.4, 0.5) is 0 Å². The van der Waals surface area contributed by atoms with Crippen molar-refractivity contribution in [2.75, 3.05) is 26.2 Å². The number of halogens is 1. The van der Waals surface area contributed by atoms with E-state index in [9.17, 15) is 9.59 Å². The van der Waals surface area contributed by atoms with Crippen LogP contribution in [0.2, 0.25) is 0 Å². The molecule has 26 heavy (non-hydrogen) atoms. The largest absolute Gasteiger partial charge is 0.339 e. The minimum Gasteiger partial charge on any atom is -0.339 e. The van der Waals surface area contributed by atoms with Crippen molar-refractivity contribution < 1.29 is 9.59 Å². The summed E-state index contributed by atoms with van der Waals surface area (Å²) in [6.07, 6.45) is 2.36. The second kappa shape index (κ2) is 9.16. The Morgan fingerprint density at radius 1 is 0.846 bits per heavy atom. The van der Waals surface area contributed by atoms with Crippen molar-refractivity contribution in [3.8, 4) is 0 Å². The second-order valence-corrected chi connectivity index (χ2v) is 7.76. The molecule has 1 aliphatic heterocycles. The van der Waals surface area contributed by atoms with Gasteiger partial charge in [-0.3, -0.25) is 9.59 Å². The Balaban J connectivity index is 1.43. The van der Waals surface area contributed by atoms with E-state index in [1.54, 1.807) is 0 Å². The molecule has 1 aliphatic rings. The predicted molar refractivity (Wildman–Crippen MR) is 111 cm³/mol. The fourth-order valence-electron chi connectivity index (χ4n) is 3.18. The van der Waals surface area contributed by atoms with E-state index in [1.807, 2.05) is 52.3 Å². The molecule has 5 heteroatoms. The van der Waals surface area contributed by atoms with Gasteiger partial charge in [-0.05, 0) is 65.3 Å². The highest BCUT2D eigenvalue weighted by Gasteiger charge is 2.24. The number of carbonyl (C=O) groups is 2. The maximum Gasteiger partial charge on any atom is 0.253 e. The first-order valence-electron chi connectivity index (χ1n) is 9.00. The average molecular weight is 462 g/mol. The molecule has 136 valence electrons. The summed E-state index contributed by atoms with van der Waals surface area (Å²) in [6.45, 7) is 2.46. The molecule has 0 N–H and O–H groups in total. The van der Waals surface area contributed by atoms with E-state index in [0.29, 0.717) is 38.2 Å². The van der Waals surface area contributed by atoms with Crippen LogP contribution in [-0.2, 0) is 11.2 Å². The van der Waals surface area contributed by atoms with Gasteiger partial charge in [0.25, 0.3) is 5.91 Å². The van der Waals surface area contributed by atoms with Gasteiger partial charge in [-0.15, -0.1) is 0 Å². The van der Waals surface area contributed by atoms with E-state index in [2.05, 4.69) is 34.7 Å². The molecule has 1 fully saturated rings. The summed E-state index contributed by atoms with van der Waals surface area (Å²) in [6, 6.07) is 17.9. The van der Waals surface area contributed by atoms with Crippen molar-refractivity contribution in [3.05, 3.63) is 69.3 Å². The molecular weight excluding hydrogens is 439 g/mol. The fourth-order valence-corrected chi connectivity index (χ4v) is 3.54. The third-order valence-electron chi connectivity index (χ3n) is 4.71. The van der Waals surface area contributed by atoms with Gasteiger partial charge in [-0.25, -0.2) is 0 Å². The lowest BCUT2D eigenvalue weighted by atomic mass is 10.1. The summed E-state index contributed by atoms with van der Waals surface area (Å²) < 4.78 is 1.12. The number of hydrogen-bond acceptors (Lipinski definition) is 2. The van der Waals surface area contributed by atoms with Crippen molar-refractivity contribution in [2.45, 2.75) is 19.3 Å². The number of rotatable bonds is 5. The molecule has 0 aliphatic carbocycles. The summed E-state index contributed by atoms with van der Waals surface area (Å²) in [5.41, 5.74) is 1.99. The summed E-state index contributed by atoms with van der Waals surface area (Å²) in [5.74, 6) is 0.250. The van der Waals surface area contributed by atoms with E-state index < -0.39 is 0 Å². The maximum atomic E-state index is 12.5. The number of hydrogen-bond donors (Lipinski definition) is 0. The molecule has 2 aromatic carbocycles. The molecule has 0 aromatic heterocycles. The Labute approximate surface area is 168 Å². The standard InChI is InChI=1S/C21H23IN2O2/c22-19-11-9-18(10-12-19)21(26)24-15-13-23(14-16-24)20(25)8-4-7-17-5-2-1-3-6-17/h1-3,5-6,9-12H,4,7-8,13-16H2. The number of piperazine rings is 1. The molecule has 0 unspecified atom stereocenters. The van der Waals surface area contributed by atoms with Crippen LogP contribution in [-0.4, -0.2) is 47.8 Å². The number of aryl methyl sites for hydroxylation is 1.